The van der Waals surface area contributed by atoms with Gasteiger partial charge in [0.25, 0.3) is 0 Å². The first kappa shape index (κ1) is 9.09. The summed E-state index contributed by atoms with van der Waals surface area (Å²) >= 11 is 0. The first-order valence-corrected chi connectivity index (χ1v) is 3.71. The molecule has 0 bridgehead atoms. The molecule has 0 aliphatic heterocycles. The summed E-state index contributed by atoms with van der Waals surface area (Å²) in [4.78, 5) is 3.65. The lowest BCUT2D eigenvalue weighted by Gasteiger charge is -2.08. The van der Waals surface area contributed by atoms with Crippen LogP contribution in [0.4, 0.5) is 4.39 Å². The lowest BCUT2D eigenvalue weighted by molar-refractivity contribution is 0.276. The number of pyridine rings is 1. The second kappa shape index (κ2) is 4.13. The number of aromatic nitrogens is 1. The molecule has 0 spiro atoms. The van der Waals surface area contributed by atoms with Crippen LogP contribution in [0.25, 0.3) is 0 Å². The van der Waals surface area contributed by atoms with E-state index in [0.29, 0.717) is 12.0 Å². The second-order valence-corrected chi connectivity index (χ2v) is 2.56. The fourth-order valence-corrected chi connectivity index (χ4v) is 0.937. The fraction of sp³-hybridized carbons (Fsp3) is 0.375. The molecule has 3 N–H and O–H groups in total. The van der Waals surface area contributed by atoms with Gasteiger partial charge in [0.2, 0.25) is 0 Å². The molecule has 0 aliphatic carbocycles. The number of nitrogens with zero attached hydrogens (tertiary/aromatic N) is 1. The van der Waals surface area contributed by atoms with E-state index < -0.39 is 5.82 Å². The molecular formula is C8H11FN2O. The molecule has 66 valence electrons. The monoisotopic (exact) mass is 170 g/mol. The molecule has 1 rings (SSSR count). The minimum Gasteiger partial charge on any atom is -0.396 e. The SMILES string of the molecule is NC(CCO)c1cncc(F)c1. The molecule has 0 saturated carbocycles. The molecule has 0 amide bonds. The quantitative estimate of drug-likeness (QED) is 0.698. The van der Waals surface area contributed by atoms with Crippen molar-refractivity contribution in [3.05, 3.63) is 29.8 Å². The third-order valence-corrected chi connectivity index (χ3v) is 1.59. The van der Waals surface area contributed by atoms with E-state index in [9.17, 15) is 4.39 Å². The molecule has 1 heterocycles. The third kappa shape index (κ3) is 2.25. The molecule has 0 fully saturated rings. The zero-order chi connectivity index (χ0) is 8.97. The van der Waals surface area contributed by atoms with Crippen LogP contribution in [0.3, 0.4) is 0 Å². The zero-order valence-corrected chi connectivity index (χ0v) is 6.57. The summed E-state index contributed by atoms with van der Waals surface area (Å²) in [5.74, 6) is -0.402. The van der Waals surface area contributed by atoms with Crippen molar-refractivity contribution in [3.63, 3.8) is 0 Å². The predicted octanol–water partition coefficient (Wildman–Crippen LogP) is 0.603. The van der Waals surface area contributed by atoms with Crippen LogP contribution in [0.5, 0.6) is 0 Å². The maximum atomic E-state index is 12.6. The summed E-state index contributed by atoms with van der Waals surface area (Å²) in [6.45, 7) is -0.00230. The summed E-state index contributed by atoms with van der Waals surface area (Å²) in [5, 5.41) is 8.57. The van der Waals surface area contributed by atoms with Crippen molar-refractivity contribution in [2.45, 2.75) is 12.5 Å². The Morgan fingerprint density at radius 1 is 1.58 bits per heavy atom. The van der Waals surface area contributed by atoms with E-state index in [4.69, 9.17) is 10.8 Å². The smallest absolute Gasteiger partial charge is 0.141 e. The van der Waals surface area contributed by atoms with E-state index in [1.54, 1.807) is 0 Å². The van der Waals surface area contributed by atoms with Crippen molar-refractivity contribution >= 4 is 0 Å². The van der Waals surface area contributed by atoms with Gasteiger partial charge in [-0.3, -0.25) is 4.98 Å². The first-order valence-electron chi connectivity index (χ1n) is 3.71. The van der Waals surface area contributed by atoms with Crippen molar-refractivity contribution in [1.82, 2.24) is 4.98 Å². The van der Waals surface area contributed by atoms with Gasteiger partial charge in [0.1, 0.15) is 5.82 Å². The normalized spacial score (nSPS) is 12.9. The van der Waals surface area contributed by atoms with Gasteiger partial charge in [0, 0.05) is 18.8 Å². The third-order valence-electron chi connectivity index (χ3n) is 1.59. The highest BCUT2D eigenvalue weighted by molar-refractivity contribution is 5.14. The highest BCUT2D eigenvalue weighted by Crippen LogP contribution is 2.12. The average Bonchev–Trinajstić information content (AvgIpc) is 2.05. The Labute approximate surface area is 70.0 Å². The lowest BCUT2D eigenvalue weighted by atomic mass is 10.1. The molecule has 0 aliphatic rings. The van der Waals surface area contributed by atoms with E-state index >= 15 is 0 Å². The molecule has 4 heteroatoms. The van der Waals surface area contributed by atoms with E-state index in [-0.39, 0.29) is 12.6 Å². The van der Waals surface area contributed by atoms with Crippen molar-refractivity contribution in [2.24, 2.45) is 5.73 Å². The van der Waals surface area contributed by atoms with Crippen molar-refractivity contribution in [3.8, 4) is 0 Å². The lowest BCUT2D eigenvalue weighted by Crippen LogP contribution is -2.12. The molecule has 12 heavy (non-hydrogen) atoms. The molecule has 0 saturated heterocycles. The van der Waals surface area contributed by atoms with Gasteiger partial charge in [0.15, 0.2) is 0 Å². The van der Waals surface area contributed by atoms with Crippen molar-refractivity contribution in [2.75, 3.05) is 6.61 Å². The van der Waals surface area contributed by atoms with Gasteiger partial charge in [-0.05, 0) is 18.1 Å². The number of halogens is 1. The molecular weight excluding hydrogens is 159 g/mol. The molecule has 0 aromatic carbocycles. The Hall–Kier alpha value is -1.00. The molecule has 0 radical (unpaired) electrons. The summed E-state index contributed by atoms with van der Waals surface area (Å²) in [6, 6.07) is 0.992. The Morgan fingerprint density at radius 2 is 2.33 bits per heavy atom. The van der Waals surface area contributed by atoms with Gasteiger partial charge in [-0.2, -0.15) is 0 Å². The van der Waals surface area contributed by atoms with Crippen LogP contribution in [0.15, 0.2) is 18.5 Å². The Kier molecular flexibility index (Phi) is 3.13. The van der Waals surface area contributed by atoms with E-state index in [1.807, 2.05) is 0 Å². The standard InChI is InChI=1S/C8H11FN2O/c9-7-3-6(4-11-5-7)8(10)1-2-12/h3-5,8,12H,1-2,10H2. The molecule has 1 aromatic heterocycles. The van der Waals surface area contributed by atoms with Crippen LogP contribution < -0.4 is 5.73 Å². The predicted molar refractivity (Wildman–Crippen MR) is 42.8 cm³/mol. The van der Waals surface area contributed by atoms with E-state index in [0.717, 1.165) is 6.20 Å². The fourth-order valence-electron chi connectivity index (χ4n) is 0.937. The molecule has 3 nitrogen and oxygen atoms in total. The number of nitrogens with two attached hydrogens (primary N) is 1. The number of rotatable bonds is 3. The second-order valence-electron chi connectivity index (χ2n) is 2.56. The number of hydrogen-bond donors (Lipinski definition) is 2. The maximum absolute atomic E-state index is 12.6. The number of hydrogen-bond acceptors (Lipinski definition) is 3. The van der Waals surface area contributed by atoms with Crippen LogP contribution in [0, 0.1) is 5.82 Å². The Balaban J connectivity index is 2.73. The number of aliphatic hydroxyl groups is 1. The highest BCUT2D eigenvalue weighted by Gasteiger charge is 2.05. The Bertz CT molecular complexity index is 255. The van der Waals surface area contributed by atoms with Gasteiger partial charge in [-0.15, -0.1) is 0 Å². The average molecular weight is 170 g/mol. The van der Waals surface area contributed by atoms with Crippen LogP contribution in [-0.2, 0) is 0 Å². The van der Waals surface area contributed by atoms with Gasteiger partial charge in [0.05, 0.1) is 6.20 Å². The van der Waals surface area contributed by atoms with E-state index in [1.165, 1.54) is 12.3 Å². The molecule has 1 unspecified atom stereocenters. The summed E-state index contributed by atoms with van der Waals surface area (Å²) < 4.78 is 12.6. The first-order chi connectivity index (χ1) is 5.74. The number of aliphatic hydroxyl groups excluding tert-OH is 1. The van der Waals surface area contributed by atoms with Crippen LogP contribution >= 0.6 is 0 Å². The van der Waals surface area contributed by atoms with Gasteiger partial charge in [-0.1, -0.05) is 0 Å². The molecule has 1 atom stereocenters. The summed E-state index contributed by atoms with van der Waals surface area (Å²) in [6.07, 6.45) is 3.05. The van der Waals surface area contributed by atoms with Crippen molar-refractivity contribution < 1.29 is 9.50 Å². The highest BCUT2D eigenvalue weighted by atomic mass is 19.1. The van der Waals surface area contributed by atoms with Gasteiger partial charge >= 0.3 is 0 Å². The largest absolute Gasteiger partial charge is 0.396 e. The van der Waals surface area contributed by atoms with Crippen LogP contribution in [0.2, 0.25) is 0 Å². The topological polar surface area (TPSA) is 59.1 Å². The molecule has 1 aromatic rings. The van der Waals surface area contributed by atoms with Crippen LogP contribution in [0.1, 0.15) is 18.0 Å². The summed E-state index contributed by atoms with van der Waals surface area (Å²) in [5.41, 5.74) is 6.22. The van der Waals surface area contributed by atoms with E-state index in [2.05, 4.69) is 4.98 Å². The Morgan fingerprint density at radius 3 is 2.92 bits per heavy atom. The minimum atomic E-state index is -0.402. The van der Waals surface area contributed by atoms with Crippen molar-refractivity contribution in [1.29, 1.82) is 0 Å². The minimum absolute atomic E-state index is 0.00230. The van der Waals surface area contributed by atoms with Gasteiger partial charge in [-0.25, -0.2) is 4.39 Å². The zero-order valence-electron chi connectivity index (χ0n) is 6.57. The van der Waals surface area contributed by atoms with Crippen LogP contribution in [-0.4, -0.2) is 16.7 Å². The maximum Gasteiger partial charge on any atom is 0.141 e. The van der Waals surface area contributed by atoms with Gasteiger partial charge < -0.3 is 10.8 Å². The summed E-state index contributed by atoms with van der Waals surface area (Å²) in [7, 11) is 0.